The van der Waals surface area contributed by atoms with Crippen LogP contribution < -0.4 is 11.1 Å². The molecule has 0 aromatic heterocycles. The van der Waals surface area contributed by atoms with Crippen molar-refractivity contribution in [3.63, 3.8) is 0 Å². The molecule has 1 amide bonds. The molecule has 1 rings (SSSR count). The van der Waals surface area contributed by atoms with Gasteiger partial charge in [0.05, 0.1) is 0 Å². The quantitative estimate of drug-likeness (QED) is 0.293. The minimum atomic E-state index is -0.193. The molecule has 1 saturated heterocycles. The maximum absolute atomic E-state index is 11.1. The number of aliphatic imine (C=N–C) groups is 1. The molecule has 0 aromatic carbocycles. The number of unbranched alkanes of at least 4 members (excludes halogenated alkanes) is 2. The van der Waals surface area contributed by atoms with Crippen molar-refractivity contribution < 1.29 is 4.79 Å². The van der Waals surface area contributed by atoms with Crippen molar-refractivity contribution in [2.75, 3.05) is 26.2 Å². The van der Waals surface area contributed by atoms with E-state index in [0.29, 0.717) is 12.3 Å². The van der Waals surface area contributed by atoms with Crippen LogP contribution in [0.2, 0.25) is 0 Å². The van der Waals surface area contributed by atoms with E-state index in [4.69, 9.17) is 10.7 Å². The number of rotatable bonds is 7. The zero-order chi connectivity index (χ0) is 14.8. The Labute approximate surface area is 146 Å². The predicted molar refractivity (Wildman–Crippen MR) is 99.0 cm³/mol. The fourth-order valence-electron chi connectivity index (χ4n) is 2.68. The van der Waals surface area contributed by atoms with Gasteiger partial charge in [0.2, 0.25) is 5.91 Å². The molecule has 0 spiro atoms. The summed E-state index contributed by atoms with van der Waals surface area (Å²) in [5, 5.41) is 3.36. The summed E-state index contributed by atoms with van der Waals surface area (Å²) in [4.78, 5) is 18.1. The number of guanidine groups is 1. The second-order valence-electron chi connectivity index (χ2n) is 5.57. The maximum Gasteiger partial charge on any atom is 0.217 e. The first-order chi connectivity index (χ1) is 9.67. The smallest absolute Gasteiger partial charge is 0.217 e. The molecule has 0 aliphatic carbocycles. The first kappa shape index (κ1) is 20.5. The van der Waals surface area contributed by atoms with Gasteiger partial charge in [0, 0.05) is 32.6 Å². The molecule has 21 heavy (non-hydrogen) atoms. The number of halogens is 1. The number of amides is 1. The van der Waals surface area contributed by atoms with Gasteiger partial charge in [-0.2, -0.15) is 0 Å². The van der Waals surface area contributed by atoms with Crippen molar-refractivity contribution >= 4 is 35.8 Å². The van der Waals surface area contributed by atoms with Crippen LogP contribution in [0.25, 0.3) is 0 Å². The Bertz CT molecular complexity index is 323. The zero-order valence-corrected chi connectivity index (χ0v) is 15.8. The van der Waals surface area contributed by atoms with Gasteiger partial charge in [-0.1, -0.05) is 19.8 Å². The van der Waals surface area contributed by atoms with E-state index in [-0.39, 0.29) is 29.9 Å². The SMILES string of the molecule is CCCCCN=C(NCC)N1CCCC(CC(N)=O)C1.I. The van der Waals surface area contributed by atoms with E-state index in [1.165, 1.54) is 12.8 Å². The lowest BCUT2D eigenvalue weighted by molar-refractivity contribution is -0.119. The fourth-order valence-corrected chi connectivity index (χ4v) is 2.68. The third-order valence-corrected chi connectivity index (χ3v) is 3.67. The summed E-state index contributed by atoms with van der Waals surface area (Å²) in [6.07, 6.45) is 6.28. The molecule has 0 saturated carbocycles. The van der Waals surface area contributed by atoms with Crippen LogP contribution in [0.4, 0.5) is 0 Å². The molecular weight excluding hydrogens is 379 g/mol. The predicted octanol–water partition coefficient (Wildman–Crippen LogP) is 2.35. The molecule has 0 aromatic rings. The summed E-state index contributed by atoms with van der Waals surface area (Å²) in [7, 11) is 0. The van der Waals surface area contributed by atoms with E-state index in [0.717, 1.165) is 51.4 Å². The first-order valence-electron chi connectivity index (χ1n) is 7.98. The van der Waals surface area contributed by atoms with Crippen LogP contribution in [0, 0.1) is 5.92 Å². The largest absolute Gasteiger partial charge is 0.370 e. The molecule has 1 fully saturated rings. The number of carbonyl (C=O) groups excluding carboxylic acids is 1. The van der Waals surface area contributed by atoms with Crippen molar-refractivity contribution in [1.82, 2.24) is 10.2 Å². The highest BCUT2D eigenvalue weighted by Gasteiger charge is 2.23. The Kier molecular flexibility index (Phi) is 11.8. The van der Waals surface area contributed by atoms with Crippen LogP contribution in [-0.2, 0) is 4.79 Å². The Morgan fingerprint density at radius 3 is 2.76 bits per heavy atom. The molecule has 1 atom stereocenters. The number of hydrogen-bond acceptors (Lipinski definition) is 2. The van der Waals surface area contributed by atoms with Crippen LogP contribution in [0.1, 0.15) is 52.4 Å². The number of primary amides is 1. The normalized spacial score (nSPS) is 19.0. The second kappa shape index (κ2) is 12.1. The Hall–Kier alpha value is -0.530. The van der Waals surface area contributed by atoms with Gasteiger partial charge >= 0.3 is 0 Å². The molecule has 1 unspecified atom stereocenters. The molecule has 1 aliphatic rings. The third-order valence-electron chi connectivity index (χ3n) is 3.67. The average molecular weight is 410 g/mol. The first-order valence-corrected chi connectivity index (χ1v) is 7.98. The van der Waals surface area contributed by atoms with Gasteiger partial charge in [-0.15, -0.1) is 24.0 Å². The van der Waals surface area contributed by atoms with Crippen LogP contribution in [0.15, 0.2) is 4.99 Å². The van der Waals surface area contributed by atoms with Gasteiger partial charge in [0.25, 0.3) is 0 Å². The van der Waals surface area contributed by atoms with Gasteiger partial charge in [0.1, 0.15) is 0 Å². The molecule has 1 heterocycles. The van der Waals surface area contributed by atoms with Gasteiger partial charge < -0.3 is 16.0 Å². The summed E-state index contributed by atoms with van der Waals surface area (Å²) >= 11 is 0. The molecule has 124 valence electrons. The monoisotopic (exact) mass is 410 g/mol. The van der Waals surface area contributed by atoms with Crippen LogP contribution in [0.5, 0.6) is 0 Å². The lowest BCUT2D eigenvalue weighted by Crippen LogP contribution is -2.47. The van der Waals surface area contributed by atoms with Crippen molar-refractivity contribution in [2.24, 2.45) is 16.6 Å². The Morgan fingerprint density at radius 1 is 1.38 bits per heavy atom. The van der Waals surface area contributed by atoms with Crippen LogP contribution in [0.3, 0.4) is 0 Å². The summed E-state index contributed by atoms with van der Waals surface area (Å²) < 4.78 is 0. The molecule has 1 aliphatic heterocycles. The second-order valence-corrected chi connectivity index (χ2v) is 5.57. The van der Waals surface area contributed by atoms with Crippen molar-refractivity contribution in [2.45, 2.75) is 52.4 Å². The summed E-state index contributed by atoms with van der Waals surface area (Å²) in [6.45, 7) is 7.97. The number of hydrogen-bond donors (Lipinski definition) is 2. The topological polar surface area (TPSA) is 70.7 Å². The van der Waals surface area contributed by atoms with E-state index in [1.807, 2.05) is 0 Å². The highest BCUT2D eigenvalue weighted by Crippen LogP contribution is 2.19. The summed E-state index contributed by atoms with van der Waals surface area (Å²) in [5.41, 5.74) is 5.31. The minimum Gasteiger partial charge on any atom is -0.370 e. The number of piperidine rings is 1. The Morgan fingerprint density at radius 2 is 2.14 bits per heavy atom. The van der Waals surface area contributed by atoms with Gasteiger partial charge in [-0.05, 0) is 32.1 Å². The Balaban J connectivity index is 0.00000400. The van der Waals surface area contributed by atoms with Crippen molar-refractivity contribution in [3.05, 3.63) is 0 Å². The van der Waals surface area contributed by atoms with Crippen molar-refractivity contribution in [1.29, 1.82) is 0 Å². The number of nitrogens with two attached hydrogens (primary N) is 1. The summed E-state index contributed by atoms with van der Waals surface area (Å²) in [6, 6.07) is 0. The lowest BCUT2D eigenvalue weighted by Gasteiger charge is -2.34. The van der Waals surface area contributed by atoms with E-state index in [1.54, 1.807) is 0 Å². The van der Waals surface area contributed by atoms with E-state index < -0.39 is 0 Å². The van der Waals surface area contributed by atoms with Crippen LogP contribution in [-0.4, -0.2) is 42.9 Å². The molecule has 3 N–H and O–H groups in total. The maximum atomic E-state index is 11.1. The number of carbonyl (C=O) groups is 1. The highest BCUT2D eigenvalue weighted by molar-refractivity contribution is 14.0. The zero-order valence-electron chi connectivity index (χ0n) is 13.4. The van der Waals surface area contributed by atoms with Crippen molar-refractivity contribution in [3.8, 4) is 0 Å². The highest BCUT2D eigenvalue weighted by atomic mass is 127. The molecular formula is C15H31IN4O. The standard InChI is InChI=1S/C15H30N4O.HI/c1-3-5-6-9-18-15(17-4-2)19-10-7-8-13(12-19)11-14(16)20;/h13H,3-12H2,1-2H3,(H2,16,20)(H,17,18);1H. The number of nitrogens with zero attached hydrogens (tertiary/aromatic N) is 2. The van der Waals surface area contributed by atoms with E-state index in [9.17, 15) is 4.79 Å². The molecule has 0 radical (unpaired) electrons. The minimum absolute atomic E-state index is 0. The molecule has 0 bridgehead atoms. The van der Waals surface area contributed by atoms with Crippen LogP contribution >= 0.6 is 24.0 Å². The van der Waals surface area contributed by atoms with E-state index in [2.05, 4.69) is 24.1 Å². The van der Waals surface area contributed by atoms with Gasteiger partial charge in [0.15, 0.2) is 5.96 Å². The van der Waals surface area contributed by atoms with Gasteiger partial charge in [-0.25, -0.2) is 0 Å². The number of nitrogens with one attached hydrogen (secondary N) is 1. The molecule has 5 nitrogen and oxygen atoms in total. The summed E-state index contributed by atoms with van der Waals surface area (Å²) in [5.74, 6) is 1.18. The fraction of sp³-hybridized carbons (Fsp3) is 0.867. The molecule has 6 heteroatoms. The average Bonchev–Trinajstić information content (AvgIpc) is 2.42. The van der Waals surface area contributed by atoms with Gasteiger partial charge in [-0.3, -0.25) is 9.79 Å². The third kappa shape index (κ3) is 8.48. The lowest BCUT2D eigenvalue weighted by atomic mass is 9.95. The number of likely N-dealkylation sites (tertiary alicyclic amines) is 1. The van der Waals surface area contributed by atoms with E-state index >= 15 is 0 Å².